The summed E-state index contributed by atoms with van der Waals surface area (Å²) < 4.78 is 5.71. The molecule has 0 aromatic carbocycles. The molecule has 1 saturated heterocycles. The summed E-state index contributed by atoms with van der Waals surface area (Å²) in [4.78, 5) is 10.2. The summed E-state index contributed by atoms with van der Waals surface area (Å²) in [6, 6.07) is 0. The van der Waals surface area contributed by atoms with Crippen molar-refractivity contribution in [2.45, 2.75) is 32.3 Å². The zero-order valence-corrected chi connectivity index (χ0v) is 11.6. The fourth-order valence-corrected chi connectivity index (χ4v) is 2.37. The van der Waals surface area contributed by atoms with Gasteiger partial charge in [-0.05, 0) is 37.8 Å². The standard InChI is InChI=1S/C12H19ClN4O/c1-8-10(14)11(16-12(13)15-8)17(2)7-9-5-3-4-6-18-9/h9H,3-7,14H2,1-2H3. The number of aryl methyl sites for hydroxylation is 1. The minimum Gasteiger partial charge on any atom is -0.394 e. The van der Waals surface area contributed by atoms with Crippen LogP contribution < -0.4 is 10.6 Å². The average molecular weight is 271 g/mol. The number of aromatic nitrogens is 2. The van der Waals surface area contributed by atoms with Gasteiger partial charge in [0.25, 0.3) is 0 Å². The van der Waals surface area contributed by atoms with Gasteiger partial charge < -0.3 is 15.4 Å². The van der Waals surface area contributed by atoms with Crippen molar-refractivity contribution in [2.24, 2.45) is 0 Å². The van der Waals surface area contributed by atoms with E-state index in [0.29, 0.717) is 17.2 Å². The smallest absolute Gasteiger partial charge is 0.224 e. The van der Waals surface area contributed by atoms with E-state index in [1.165, 1.54) is 6.42 Å². The first-order valence-electron chi connectivity index (χ1n) is 6.20. The van der Waals surface area contributed by atoms with Gasteiger partial charge in [0, 0.05) is 20.2 Å². The summed E-state index contributed by atoms with van der Waals surface area (Å²) in [5.74, 6) is 0.682. The molecule has 2 rings (SSSR count). The molecule has 0 bridgehead atoms. The van der Waals surface area contributed by atoms with Crippen molar-refractivity contribution < 1.29 is 4.74 Å². The lowest BCUT2D eigenvalue weighted by Crippen LogP contribution is -2.34. The van der Waals surface area contributed by atoms with Gasteiger partial charge in [-0.3, -0.25) is 0 Å². The molecule has 0 radical (unpaired) electrons. The van der Waals surface area contributed by atoms with Gasteiger partial charge in [0.15, 0.2) is 5.82 Å². The van der Waals surface area contributed by atoms with E-state index in [1.807, 2.05) is 18.9 Å². The van der Waals surface area contributed by atoms with Crippen LogP contribution in [0.4, 0.5) is 11.5 Å². The summed E-state index contributed by atoms with van der Waals surface area (Å²) in [5.41, 5.74) is 7.28. The molecule has 2 N–H and O–H groups in total. The van der Waals surface area contributed by atoms with Gasteiger partial charge in [-0.25, -0.2) is 4.98 Å². The van der Waals surface area contributed by atoms with E-state index in [4.69, 9.17) is 22.1 Å². The van der Waals surface area contributed by atoms with Crippen molar-refractivity contribution in [2.75, 3.05) is 30.8 Å². The van der Waals surface area contributed by atoms with Crippen LogP contribution in [0.3, 0.4) is 0 Å². The second kappa shape index (κ2) is 5.71. The number of hydrogen-bond acceptors (Lipinski definition) is 5. The third kappa shape index (κ3) is 3.03. The minimum absolute atomic E-state index is 0.230. The summed E-state index contributed by atoms with van der Waals surface area (Å²) >= 11 is 5.87. The van der Waals surface area contributed by atoms with E-state index in [9.17, 15) is 0 Å². The highest BCUT2D eigenvalue weighted by Gasteiger charge is 2.19. The fraction of sp³-hybridized carbons (Fsp3) is 0.667. The molecule has 18 heavy (non-hydrogen) atoms. The molecule has 0 amide bonds. The fourth-order valence-electron chi connectivity index (χ4n) is 2.17. The van der Waals surface area contributed by atoms with Gasteiger partial charge >= 0.3 is 0 Å². The summed E-state index contributed by atoms with van der Waals surface area (Å²) in [6.45, 7) is 3.45. The van der Waals surface area contributed by atoms with E-state index in [2.05, 4.69) is 9.97 Å². The second-order valence-corrected chi connectivity index (χ2v) is 5.02. The van der Waals surface area contributed by atoms with Crippen molar-refractivity contribution in [3.05, 3.63) is 11.0 Å². The molecule has 1 aromatic rings. The number of anilines is 2. The summed E-state index contributed by atoms with van der Waals surface area (Å²) in [5, 5.41) is 0.230. The lowest BCUT2D eigenvalue weighted by atomic mass is 10.1. The Morgan fingerprint density at radius 2 is 2.22 bits per heavy atom. The number of hydrogen-bond donors (Lipinski definition) is 1. The Balaban J connectivity index is 2.10. The Hall–Kier alpha value is -1.07. The minimum atomic E-state index is 0.230. The zero-order valence-electron chi connectivity index (χ0n) is 10.8. The van der Waals surface area contributed by atoms with Crippen LogP contribution in [0.15, 0.2) is 0 Å². The molecule has 0 saturated carbocycles. The summed E-state index contributed by atoms with van der Waals surface area (Å²) in [7, 11) is 1.95. The quantitative estimate of drug-likeness (QED) is 0.852. The Bertz CT molecular complexity index is 421. The molecule has 0 aliphatic carbocycles. The maximum absolute atomic E-state index is 5.99. The van der Waals surface area contributed by atoms with Gasteiger partial charge in [-0.2, -0.15) is 4.98 Å². The first-order valence-corrected chi connectivity index (χ1v) is 6.58. The first-order chi connectivity index (χ1) is 8.58. The van der Waals surface area contributed by atoms with Crippen LogP contribution >= 0.6 is 11.6 Å². The zero-order chi connectivity index (χ0) is 13.1. The van der Waals surface area contributed by atoms with E-state index >= 15 is 0 Å². The van der Waals surface area contributed by atoms with Crippen molar-refractivity contribution in [1.29, 1.82) is 0 Å². The van der Waals surface area contributed by atoms with Crippen LogP contribution in [0.5, 0.6) is 0 Å². The maximum atomic E-state index is 5.99. The average Bonchev–Trinajstić information content (AvgIpc) is 2.35. The normalized spacial score (nSPS) is 19.8. The Kier molecular flexibility index (Phi) is 4.24. The molecular formula is C12H19ClN4O. The lowest BCUT2D eigenvalue weighted by Gasteiger charge is -2.28. The molecule has 1 aliphatic rings. The van der Waals surface area contributed by atoms with Gasteiger partial charge in [-0.1, -0.05) is 0 Å². The third-order valence-corrected chi connectivity index (χ3v) is 3.37. The molecule has 6 heteroatoms. The number of ether oxygens (including phenoxy) is 1. The molecule has 100 valence electrons. The molecule has 1 aromatic heterocycles. The van der Waals surface area contributed by atoms with Crippen LogP contribution in [0, 0.1) is 6.92 Å². The van der Waals surface area contributed by atoms with Crippen LogP contribution in [0.1, 0.15) is 25.0 Å². The first kappa shape index (κ1) is 13.4. The molecule has 1 aliphatic heterocycles. The molecular weight excluding hydrogens is 252 g/mol. The molecule has 1 unspecified atom stereocenters. The monoisotopic (exact) mass is 270 g/mol. The van der Waals surface area contributed by atoms with Crippen molar-refractivity contribution in [1.82, 2.24) is 9.97 Å². The second-order valence-electron chi connectivity index (χ2n) is 4.68. The highest BCUT2D eigenvalue weighted by atomic mass is 35.5. The third-order valence-electron chi connectivity index (χ3n) is 3.20. The van der Waals surface area contributed by atoms with E-state index in [-0.39, 0.29) is 11.4 Å². The number of nitrogens with two attached hydrogens (primary N) is 1. The van der Waals surface area contributed by atoms with Crippen LogP contribution in [0.2, 0.25) is 5.28 Å². The Morgan fingerprint density at radius 1 is 1.44 bits per heavy atom. The highest BCUT2D eigenvalue weighted by Crippen LogP contribution is 2.25. The lowest BCUT2D eigenvalue weighted by molar-refractivity contribution is 0.0215. The number of halogens is 1. The molecule has 5 nitrogen and oxygen atoms in total. The topological polar surface area (TPSA) is 64.3 Å². The van der Waals surface area contributed by atoms with Gasteiger partial charge in [0.2, 0.25) is 5.28 Å². The van der Waals surface area contributed by atoms with Crippen LogP contribution in [0.25, 0.3) is 0 Å². The van der Waals surface area contributed by atoms with E-state index in [1.54, 1.807) is 0 Å². The number of nitrogens with zero attached hydrogens (tertiary/aromatic N) is 3. The predicted octanol–water partition coefficient (Wildman–Crippen LogP) is 2.03. The SMILES string of the molecule is Cc1nc(Cl)nc(N(C)CC2CCCCO2)c1N. The van der Waals surface area contributed by atoms with Crippen molar-refractivity contribution >= 4 is 23.1 Å². The molecule has 1 atom stereocenters. The van der Waals surface area contributed by atoms with Crippen LogP contribution in [-0.2, 0) is 4.74 Å². The molecule has 1 fully saturated rings. The van der Waals surface area contributed by atoms with Gasteiger partial charge in [0.05, 0.1) is 17.5 Å². The predicted molar refractivity (Wildman–Crippen MR) is 73.1 cm³/mol. The molecule has 2 heterocycles. The Labute approximate surface area is 112 Å². The number of rotatable bonds is 3. The van der Waals surface area contributed by atoms with Gasteiger partial charge in [0.1, 0.15) is 0 Å². The van der Waals surface area contributed by atoms with Crippen molar-refractivity contribution in [3.63, 3.8) is 0 Å². The van der Waals surface area contributed by atoms with E-state index < -0.39 is 0 Å². The van der Waals surface area contributed by atoms with Gasteiger partial charge in [-0.15, -0.1) is 0 Å². The Morgan fingerprint density at radius 3 is 2.89 bits per heavy atom. The number of likely N-dealkylation sites (N-methyl/N-ethyl adjacent to an activating group) is 1. The summed E-state index contributed by atoms with van der Waals surface area (Å²) in [6.07, 6.45) is 3.71. The van der Waals surface area contributed by atoms with Crippen molar-refractivity contribution in [3.8, 4) is 0 Å². The maximum Gasteiger partial charge on any atom is 0.224 e. The largest absolute Gasteiger partial charge is 0.394 e. The van der Waals surface area contributed by atoms with Crippen LogP contribution in [-0.4, -0.2) is 36.3 Å². The number of nitrogen functional groups attached to an aromatic ring is 1. The van der Waals surface area contributed by atoms with E-state index in [0.717, 1.165) is 26.0 Å². The highest BCUT2D eigenvalue weighted by molar-refractivity contribution is 6.28. The molecule has 0 spiro atoms.